The number of ether oxygens (including phenoxy) is 1. The van der Waals surface area contributed by atoms with Crippen molar-refractivity contribution >= 4 is 11.8 Å². The van der Waals surface area contributed by atoms with Gasteiger partial charge in [0.25, 0.3) is 0 Å². The van der Waals surface area contributed by atoms with Gasteiger partial charge in [0.05, 0.1) is 24.9 Å². The molecule has 0 fully saturated rings. The van der Waals surface area contributed by atoms with Crippen LogP contribution in [0.25, 0.3) is 0 Å². The van der Waals surface area contributed by atoms with Gasteiger partial charge in [-0.05, 0) is 6.92 Å². The van der Waals surface area contributed by atoms with Gasteiger partial charge in [-0.25, -0.2) is 14.8 Å². The summed E-state index contributed by atoms with van der Waals surface area (Å²) in [7, 11) is 0. The summed E-state index contributed by atoms with van der Waals surface area (Å²) >= 11 is 0. The maximum atomic E-state index is 11.5. The summed E-state index contributed by atoms with van der Waals surface area (Å²) in [5, 5.41) is 17.5. The van der Waals surface area contributed by atoms with Gasteiger partial charge in [0.2, 0.25) is 0 Å². The van der Waals surface area contributed by atoms with E-state index in [-0.39, 0.29) is 23.8 Å². The van der Waals surface area contributed by atoms with Gasteiger partial charge in [-0.15, -0.1) is 0 Å². The molecule has 1 aromatic rings. The van der Waals surface area contributed by atoms with Crippen molar-refractivity contribution in [3.8, 4) is 12.1 Å². The lowest BCUT2D eigenvalue weighted by molar-refractivity contribution is 0.0517. The molecule has 17 heavy (non-hydrogen) atoms. The first-order valence-corrected chi connectivity index (χ1v) is 4.72. The molecule has 1 rings (SSSR count). The van der Waals surface area contributed by atoms with Crippen LogP contribution in [0.2, 0.25) is 0 Å². The number of hydrogen-bond acceptors (Lipinski definition) is 7. The summed E-state index contributed by atoms with van der Waals surface area (Å²) in [5.41, 5.74) is 5.17. The number of carbonyl (C=O) groups is 1. The van der Waals surface area contributed by atoms with Crippen LogP contribution < -0.4 is 5.73 Å². The average Bonchev–Trinajstić information content (AvgIpc) is 2.31. The topological polar surface area (TPSA) is 126 Å². The lowest BCUT2D eigenvalue weighted by Crippen LogP contribution is -2.15. The Bertz CT molecular complexity index is 500. The summed E-state index contributed by atoms with van der Waals surface area (Å²) in [5.74, 6) is -1.90. The van der Waals surface area contributed by atoms with Crippen molar-refractivity contribution in [3.63, 3.8) is 0 Å². The Hall–Kier alpha value is -2.67. The molecule has 2 N–H and O–H groups in total. The summed E-state index contributed by atoms with van der Waals surface area (Å²) in [6.07, 6.45) is 1.17. The molecule has 0 aliphatic carbocycles. The van der Waals surface area contributed by atoms with Crippen LogP contribution in [0.5, 0.6) is 0 Å². The number of nitrogens with two attached hydrogens (primary N) is 1. The van der Waals surface area contributed by atoms with E-state index in [0.29, 0.717) is 0 Å². The minimum atomic E-state index is -1.20. The van der Waals surface area contributed by atoms with Crippen LogP contribution in [0.4, 0.5) is 5.82 Å². The molecule has 0 radical (unpaired) electrons. The zero-order chi connectivity index (χ0) is 12.8. The highest BCUT2D eigenvalue weighted by molar-refractivity contribution is 5.89. The zero-order valence-electron chi connectivity index (χ0n) is 9.04. The number of aromatic nitrogens is 2. The lowest BCUT2D eigenvalue weighted by Gasteiger charge is -2.07. The van der Waals surface area contributed by atoms with Gasteiger partial charge in [-0.3, -0.25) is 0 Å². The Morgan fingerprint density at radius 1 is 1.59 bits per heavy atom. The van der Waals surface area contributed by atoms with Crippen LogP contribution in [-0.4, -0.2) is 22.5 Å². The third kappa shape index (κ3) is 2.67. The van der Waals surface area contributed by atoms with E-state index in [2.05, 4.69) is 9.97 Å². The maximum absolute atomic E-state index is 11.5. The van der Waals surface area contributed by atoms with Crippen molar-refractivity contribution in [2.45, 2.75) is 12.8 Å². The van der Waals surface area contributed by atoms with Crippen LogP contribution in [0, 0.1) is 22.7 Å². The summed E-state index contributed by atoms with van der Waals surface area (Å²) in [6.45, 7) is 1.79. The largest absolute Gasteiger partial charge is 0.461 e. The monoisotopic (exact) mass is 231 g/mol. The minimum absolute atomic E-state index is 0.0311. The van der Waals surface area contributed by atoms with Crippen molar-refractivity contribution in [2.75, 3.05) is 12.3 Å². The van der Waals surface area contributed by atoms with Gasteiger partial charge in [0.15, 0.2) is 11.6 Å². The average molecular weight is 231 g/mol. The number of anilines is 1. The predicted octanol–water partition coefficient (Wildman–Crippen LogP) is 0.366. The summed E-state index contributed by atoms with van der Waals surface area (Å²) in [6, 6.07) is 3.41. The number of hydrogen-bond donors (Lipinski definition) is 1. The molecule has 7 nitrogen and oxygen atoms in total. The van der Waals surface area contributed by atoms with Crippen molar-refractivity contribution in [1.82, 2.24) is 9.97 Å². The van der Waals surface area contributed by atoms with Gasteiger partial charge in [0, 0.05) is 0 Å². The molecule has 1 heterocycles. The van der Waals surface area contributed by atoms with Crippen LogP contribution >= 0.6 is 0 Å². The van der Waals surface area contributed by atoms with Crippen molar-refractivity contribution in [2.24, 2.45) is 0 Å². The standard InChI is InChI=1S/C10H9N5O2/c1-2-17-10(16)9-8(6(3-11)4-12)15-7(13)5-14-9/h5-6H,2H2,1H3,(H2,13,15). The molecule has 0 aliphatic heterocycles. The van der Waals surface area contributed by atoms with Crippen LogP contribution in [0.3, 0.4) is 0 Å². The first-order chi connectivity index (χ1) is 8.13. The Balaban J connectivity index is 3.27. The van der Waals surface area contributed by atoms with Gasteiger partial charge < -0.3 is 10.5 Å². The molecule has 86 valence electrons. The molecule has 0 atom stereocenters. The molecule has 0 saturated heterocycles. The Morgan fingerprint density at radius 2 is 2.24 bits per heavy atom. The predicted molar refractivity (Wildman–Crippen MR) is 56.4 cm³/mol. The number of nitriles is 2. The second kappa shape index (κ2) is 5.42. The molecule has 0 aliphatic rings. The quantitative estimate of drug-likeness (QED) is 0.744. The van der Waals surface area contributed by atoms with E-state index >= 15 is 0 Å². The van der Waals surface area contributed by atoms with Gasteiger partial charge in [0.1, 0.15) is 11.5 Å². The Labute approximate surface area is 97.5 Å². The first kappa shape index (κ1) is 12.4. The molecule has 0 amide bonds. The van der Waals surface area contributed by atoms with Gasteiger partial charge in [-0.1, -0.05) is 0 Å². The normalized spacial score (nSPS) is 9.41. The third-order valence-corrected chi connectivity index (χ3v) is 1.82. The number of esters is 1. The fourth-order valence-electron chi connectivity index (χ4n) is 1.13. The molecular weight excluding hydrogens is 222 g/mol. The summed E-state index contributed by atoms with van der Waals surface area (Å²) < 4.78 is 4.75. The highest BCUT2D eigenvalue weighted by Gasteiger charge is 2.23. The number of rotatable bonds is 3. The highest BCUT2D eigenvalue weighted by Crippen LogP contribution is 2.17. The number of nitrogen functional groups attached to an aromatic ring is 1. The molecule has 0 saturated carbocycles. The van der Waals surface area contributed by atoms with Gasteiger partial charge >= 0.3 is 5.97 Å². The van der Waals surface area contributed by atoms with E-state index in [9.17, 15) is 4.79 Å². The van der Waals surface area contributed by atoms with Gasteiger partial charge in [-0.2, -0.15) is 10.5 Å². The number of nitrogens with zero attached hydrogens (tertiary/aromatic N) is 4. The Morgan fingerprint density at radius 3 is 2.76 bits per heavy atom. The molecule has 0 spiro atoms. The fourth-order valence-corrected chi connectivity index (χ4v) is 1.13. The summed E-state index contributed by atoms with van der Waals surface area (Å²) in [4.78, 5) is 19.1. The van der Waals surface area contributed by atoms with E-state index in [4.69, 9.17) is 21.0 Å². The van der Waals surface area contributed by atoms with Crippen LogP contribution in [0.15, 0.2) is 6.20 Å². The fraction of sp³-hybridized carbons (Fsp3) is 0.300. The lowest BCUT2D eigenvalue weighted by atomic mass is 10.1. The minimum Gasteiger partial charge on any atom is -0.461 e. The van der Waals surface area contributed by atoms with Crippen LogP contribution in [0.1, 0.15) is 29.0 Å². The smallest absolute Gasteiger partial charge is 0.358 e. The Kier molecular flexibility index (Phi) is 3.96. The number of carbonyl (C=O) groups excluding carboxylic acids is 1. The van der Waals surface area contributed by atoms with Crippen molar-refractivity contribution < 1.29 is 9.53 Å². The SMILES string of the molecule is CCOC(=O)c1ncc(N)nc1C(C#N)C#N. The second-order valence-electron chi connectivity index (χ2n) is 2.94. The molecular formula is C10H9N5O2. The van der Waals surface area contributed by atoms with E-state index < -0.39 is 11.9 Å². The molecule has 1 aromatic heterocycles. The van der Waals surface area contributed by atoms with E-state index in [1.54, 1.807) is 19.1 Å². The van der Waals surface area contributed by atoms with Crippen molar-refractivity contribution in [1.29, 1.82) is 10.5 Å². The van der Waals surface area contributed by atoms with E-state index in [0.717, 1.165) is 0 Å². The maximum Gasteiger partial charge on any atom is 0.358 e. The van der Waals surface area contributed by atoms with Crippen LogP contribution in [-0.2, 0) is 4.74 Å². The molecule has 0 bridgehead atoms. The third-order valence-electron chi connectivity index (χ3n) is 1.82. The van der Waals surface area contributed by atoms with Crippen molar-refractivity contribution in [3.05, 3.63) is 17.6 Å². The molecule has 0 aromatic carbocycles. The zero-order valence-corrected chi connectivity index (χ0v) is 9.04. The molecule has 0 unspecified atom stereocenters. The first-order valence-electron chi connectivity index (χ1n) is 4.72. The highest BCUT2D eigenvalue weighted by atomic mass is 16.5. The molecule has 7 heteroatoms. The van der Waals surface area contributed by atoms with E-state index in [1.165, 1.54) is 6.20 Å². The second-order valence-corrected chi connectivity index (χ2v) is 2.94. The van der Waals surface area contributed by atoms with E-state index in [1.807, 2.05) is 0 Å².